The first-order chi connectivity index (χ1) is 14.8. The van der Waals surface area contributed by atoms with E-state index in [1.165, 1.54) is 24.8 Å². The molecule has 0 aromatic rings. The monoisotopic (exact) mass is 476 g/mol. The Morgan fingerprint density at radius 2 is 1.67 bits per heavy atom. The maximum absolute atomic E-state index is 6.94. The van der Waals surface area contributed by atoms with Crippen LogP contribution in [0.2, 0.25) is 18.1 Å². The molecule has 3 nitrogen and oxygen atoms in total. The smallest absolute Gasteiger partial charge is 0.193 e. The molecule has 1 unspecified atom stereocenters. The molecule has 1 saturated heterocycles. The second-order valence-electron chi connectivity index (χ2n) is 14.3. The number of fused-ring (bicyclic) bond motifs is 3. The molecule has 2 aliphatic carbocycles. The Hall–Kier alpha value is -0.423. The van der Waals surface area contributed by atoms with Crippen molar-refractivity contribution in [2.75, 3.05) is 0 Å². The Morgan fingerprint density at radius 3 is 2.21 bits per heavy atom. The quantitative estimate of drug-likeness (QED) is 0.284. The highest BCUT2D eigenvalue weighted by molar-refractivity contribution is 6.74. The van der Waals surface area contributed by atoms with E-state index in [2.05, 4.69) is 95.0 Å². The summed E-state index contributed by atoms with van der Waals surface area (Å²) in [6, 6.07) is 0. The summed E-state index contributed by atoms with van der Waals surface area (Å²) in [5.41, 5.74) is 3.03. The van der Waals surface area contributed by atoms with Gasteiger partial charge in [-0.15, -0.1) is 6.58 Å². The lowest BCUT2D eigenvalue weighted by Gasteiger charge is -2.58. The molecule has 1 saturated carbocycles. The van der Waals surface area contributed by atoms with Crippen molar-refractivity contribution in [3.05, 3.63) is 23.8 Å². The Balaban J connectivity index is 1.97. The van der Waals surface area contributed by atoms with Gasteiger partial charge in [0.05, 0.1) is 11.7 Å². The summed E-state index contributed by atoms with van der Waals surface area (Å²) in [6.45, 7) is 32.0. The van der Waals surface area contributed by atoms with E-state index in [-0.39, 0.29) is 33.7 Å². The van der Waals surface area contributed by atoms with Gasteiger partial charge < -0.3 is 13.9 Å². The van der Waals surface area contributed by atoms with Gasteiger partial charge in [0.1, 0.15) is 6.10 Å². The van der Waals surface area contributed by atoms with Crippen LogP contribution in [0, 0.1) is 16.7 Å². The molecular weight excluding hydrogens is 424 g/mol. The molecule has 0 amide bonds. The van der Waals surface area contributed by atoms with Crippen LogP contribution in [0.1, 0.15) is 101 Å². The van der Waals surface area contributed by atoms with Gasteiger partial charge >= 0.3 is 0 Å². The van der Waals surface area contributed by atoms with Crippen LogP contribution in [0.15, 0.2) is 23.8 Å². The largest absolute Gasteiger partial charge is 0.408 e. The zero-order valence-electron chi connectivity index (χ0n) is 23.8. The van der Waals surface area contributed by atoms with Gasteiger partial charge in [0, 0.05) is 5.92 Å². The lowest BCUT2D eigenvalue weighted by atomic mass is 9.48. The molecule has 33 heavy (non-hydrogen) atoms. The molecule has 190 valence electrons. The Kier molecular flexibility index (Phi) is 6.85. The summed E-state index contributed by atoms with van der Waals surface area (Å²) >= 11 is 0. The number of hydrogen-bond donors (Lipinski definition) is 0. The number of allylic oxidation sites excluding steroid dienone is 1. The van der Waals surface area contributed by atoms with Gasteiger partial charge in [-0.25, -0.2) is 0 Å². The van der Waals surface area contributed by atoms with Crippen LogP contribution in [0.5, 0.6) is 0 Å². The molecule has 2 fully saturated rings. The third-order valence-corrected chi connectivity index (χ3v) is 14.3. The van der Waals surface area contributed by atoms with Crippen molar-refractivity contribution in [3.8, 4) is 0 Å². The third kappa shape index (κ3) is 4.84. The first-order valence-corrected chi connectivity index (χ1v) is 16.1. The molecule has 0 aromatic carbocycles. The average Bonchev–Trinajstić information content (AvgIpc) is 2.94. The number of ether oxygens (including phenoxy) is 2. The van der Waals surface area contributed by atoms with E-state index in [9.17, 15) is 0 Å². The van der Waals surface area contributed by atoms with E-state index in [1.807, 2.05) is 0 Å². The van der Waals surface area contributed by atoms with Gasteiger partial charge in [0.15, 0.2) is 14.1 Å². The van der Waals surface area contributed by atoms with Crippen LogP contribution in [0.25, 0.3) is 0 Å². The first kappa shape index (κ1) is 27.2. The number of rotatable bonds is 6. The van der Waals surface area contributed by atoms with Crippen molar-refractivity contribution in [3.63, 3.8) is 0 Å². The van der Waals surface area contributed by atoms with Crippen molar-refractivity contribution in [1.29, 1.82) is 0 Å². The molecule has 4 heteroatoms. The highest BCUT2D eigenvalue weighted by Gasteiger charge is 2.61. The Morgan fingerprint density at radius 1 is 1.06 bits per heavy atom. The van der Waals surface area contributed by atoms with Gasteiger partial charge in [0.2, 0.25) is 0 Å². The fraction of sp³-hybridized carbons (Fsp3) is 0.862. The highest BCUT2D eigenvalue weighted by Crippen LogP contribution is 2.63. The molecule has 0 spiro atoms. The SMILES string of the molecule is C=C[C@](C)(CCC1=C(C)[C@H]2OC(C)(C)O[C@H]2C2C(C)(C)CCC[C@]12C)O[Si](C)(C)C(C)(C)C. The molecule has 0 aromatic heterocycles. The fourth-order valence-corrected chi connectivity index (χ4v) is 8.66. The molecule has 3 aliphatic rings. The lowest BCUT2D eigenvalue weighted by molar-refractivity contribution is -0.163. The van der Waals surface area contributed by atoms with Gasteiger partial charge in [-0.2, -0.15) is 0 Å². The molecule has 0 N–H and O–H groups in total. The second kappa shape index (κ2) is 8.32. The van der Waals surface area contributed by atoms with E-state index >= 15 is 0 Å². The average molecular weight is 477 g/mol. The van der Waals surface area contributed by atoms with Crippen LogP contribution in [-0.2, 0) is 13.9 Å². The van der Waals surface area contributed by atoms with Crippen molar-refractivity contribution < 1.29 is 13.9 Å². The van der Waals surface area contributed by atoms with Crippen molar-refractivity contribution >= 4 is 8.32 Å². The van der Waals surface area contributed by atoms with Crippen molar-refractivity contribution in [1.82, 2.24) is 0 Å². The minimum atomic E-state index is -1.91. The summed E-state index contributed by atoms with van der Waals surface area (Å²) < 4.78 is 20.1. The molecular formula is C29H52O3Si. The summed E-state index contributed by atoms with van der Waals surface area (Å²) in [5, 5.41) is 0.176. The van der Waals surface area contributed by atoms with Gasteiger partial charge in [-0.05, 0) is 87.9 Å². The van der Waals surface area contributed by atoms with Crippen LogP contribution in [0.3, 0.4) is 0 Å². The van der Waals surface area contributed by atoms with Crippen LogP contribution >= 0.6 is 0 Å². The standard InChI is InChI=1S/C29H52O3Si/c1-14-28(10,32-33(12,13)25(3,4)5)19-16-21-20(2)22-23(31-27(8,9)30-22)24-26(6,7)17-15-18-29(21,24)11/h14,22-24H,1,15-19H2,2-13H3/t22-,23-,24?,28-,29-/m1/s1. The minimum absolute atomic E-state index is 0.0572. The summed E-state index contributed by atoms with van der Waals surface area (Å²) in [6.07, 6.45) is 7.99. The molecule has 1 heterocycles. The Labute approximate surface area is 205 Å². The zero-order valence-corrected chi connectivity index (χ0v) is 24.8. The summed E-state index contributed by atoms with van der Waals surface area (Å²) in [4.78, 5) is 0. The summed E-state index contributed by atoms with van der Waals surface area (Å²) in [5.74, 6) is -0.0674. The van der Waals surface area contributed by atoms with Crippen LogP contribution < -0.4 is 0 Å². The lowest BCUT2D eigenvalue weighted by Crippen LogP contribution is -2.56. The Bertz CT molecular complexity index is 802. The van der Waals surface area contributed by atoms with Crippen molar-refractivity contribution in [2.45, 2.75) is 143 Å². The fourth-order valence-electron chi connectivity index (χ4n) is 7.01. The predicted molar refractivity (Wildman–Crippen MR) is 142 cm³/mol. The molecule has 0 radical (unpaired) electrons. The zero-order chi connectivity index (χ0) is 25.3. The van der Waals surface area contributed by atoms with Gasteiger partial charge in [0.25, 0.3) is 0 Å². The molecule has 3 rings (SSSR count). The minimum Gasteiger partial charge on any atom is -0.408 e. The van der Waals surface area contributed by atoms with E-state index < -0.39 is 14.1 Å². The number of hydrogen-bond acceptors (Lipinski definition) is 3. The molecule has 0 bridgehead atoms. The first-order valence-electron chi connectivity index (χ1n) is 13.2. The molecule has 1 aliphatic heterocycles. The third-order valence-electron chi connectivity index (χ3n) is 9.69. The predicted octanol–water partition coefficient (Wildman–Crippen LogP) is 8.42. The normalized spacial score (nSPS) is 35.6. The van der Waals surface area contributed by atoms with E-state index in [0.29, 0.717) is 5.92 Å². The van der Waals surface area contributed by atoms with E-state index in [0.717, 1.165) is 12.8 Å². The van der Waals surface area contributed by atoms with Gasteiger partial charge in [-0.1, -0.05) is 59.6 Å². The van der Waals surface area contributed by atoms with Crippen LogP contribution in [-0.4, -0.2) is 31.9 Å². The van der Waals surface area contributed by atoms with E-state index in [4.69, 9.17) is 13.9 Å². The van der Waals surface area contributed by atoms with E-state index in [1.54, 1.807) is 5.57 Å². The van der Waals surface area contributed by atoms with Crippen LogP contribution in [0.4, 0.5) is 0 Å². The van der Waals surface area contributed by atoms with Crippen molar-refractivity contribution in [2.24, 2.45) is 16.7 Å². The maximum Gasteiger partial charge on any atom is 0.193 e. The highest BCUT2D eigenvalue weighted by atomic mass is 28.4. The topological polar surface area (TPSA) is 27.7 Å². The summed E-state index contributed by atoms with van der Waals surface area (Å²) in [7, 11) is -1.91. The molecule has 5 atom stereocenters. The maximum atomic E-state index is 6.94. The second-order valence-corrected chi connectivity index (χ2v) is 19.0. The van der Waals surface area contributed by atoms with Gasteiger partial charge in [-0.3, -0.25) is 0 Å².